The maximum Gasteiger partial charge on any atom is 0.243 e. The van der Waals surface area contributed by atoms with E-state index in [-0.39, 0.29) is 0 Å². The van der Waals surface area contributed by atoms with Gasteiger partial charge in [-0.1, -0.05) is 11.6 Å². The number of hydrogen-bond acceptors (Lipinski definition) is 4. The highest BCUT2D eigenvalue weighted by molar-refractivity contribution is 6.30. The number of fused-ring (bicyclic) bond motifs is 1. The summed E-state index contributed by atoms with van der Waals surface area (Å²) in [5.41, 5.74) is 0.815. The number of nitrogens with one attached hydrogen (secondary N) is 1. The van der Waals surface area contributed by atoms with Crippen molar-refractivity contribution >= 4 is 23.2 Å². The van der Waals surface area contributed by atoms with Crippen LogP contribution in [-0.2, 0) is 0 Å². The molecule has 0 saturated carbocycles. The Bertz CT molecular complexity index is 544. The van der Waals surface area contributed by atoms with Crippen molar-refractivity contribution < 1.29 is 0 Å². The summed E-state index contributed by atoms with van der Waals surface area (Å²) in [4.78, 5) is 6.78. The smallest absolute Gasteiger partial charge is 0.243 e. The zero-order valence-corrected chi connectivity index (χ0v) is 11.1. The number of piperidine rings is 1. The molecule has 1 saturated heterocycles. The van der Waals surface area contributed by atoms with E-state index in [1.165, 1.54) is 0 Å². The third-order valence-electron chi connectivity index (χ3n) is 3.35. The first-order chi connectivity index (χ1) is 8.70. The second-order valence-corrected chi connectivity index (χ2v) is 5.24. The number of aromatic nitrogens is 3. The van der Waals surface area contributed by atoms with Crippen LogP contribution in [0.25, 0.3) is 5.65 Å². The Balaban J connectivity index is 1.74. The van der Waals surface area contributed by atoms with Gasteiger partial charge in [-0.05, 0) is 45.1 Å². The van der Waals surface area contributed by atoms with Gasteiger partial charge in [0.05, 0.1) is 5.02 Å². The molecule has 1 aliphatic rings. The molecule has 0 unspecified atom stereocenters. The monoisotopic (exact) mass is 265 g/mol. The number of pyridine rings is 1. The first-order valence-corrected chi connectivity index (χ1v) is 6.55. The van der Waals surface area contributed by atoms with Crippen LogP contribution < -0.4 is 5.32 Å². The van der Waals surface area contributed by atoms with Crippen LogP contribution in [0.15, 0.2) is 18.3 Å². The summed E-state index contributed by atoms with van der Waals surface area (Å²) in [5.74, 6) is 0.687. The standard InChI is InChI=1S/C12H16ClN5/c1-17-6-4-10(5-7-17)14-12-15-11-3-2-9(13)8-18(11)16-12/h2-3,8,10H,4-7H2,1H3,(H,14,16). The van der Waals surface area contributed by atoms with Crippen molar-refractivity contribution in [2.45, 2.75) is 18.9 Å². The number of likely N-dealkylation sites (tertiary alicyclic amines) is 1. The molecule has 2 aromatic rings. The molecule has 6 heteroatoms. The fourth-order valence-corrected chi connectivity index (χ4v) is 2.41. The van der Waals surface area contributed by atoms with Crippen LogP contribution >= 0.6 is 11.6 Å². The molecule has 2 aromatic heterocycles. The molecule has 0 aromatic carbocycles. The van der Waals surface area contributed by atoms with Crippen molar-refractivity contribution in [3.8, 4) is 0 Å². The molecule has 0 aliphatic carbocycles. The molecule has 0 spiro atoms. The molecule has 18 heavy (non-hydrogen) atoms. The highest BCUT2D eigenvalue weighted by Crippen LogP contribution is 2.15. The topological polar surface area (TPSA) is 45.5 Å². The van der Waals surface area contributed by atoms with E-state index in [1.54, 1.807) is 10.7 Å². The Morgan fingerprint density at radius 3 is 2.89 bits per heavy atom. The fraction of sp³-hybridized carbons (Fsp3) is 0.500. The number of rotatable bonds is 2. The Labute approximate surface area is 111 Å². The number of hydrogen-bond donors (Lipinski definition) is 1. The first-order valence-electron chi connectivity index (χ1n) is 6.18. The van der Waals surface area contributed by atoms with Gasteiger partial charge in [-0.15, -0.1) is 5.10 Å². The van der Waals surface area contributed by atoms with Gasteiger partial charge in [-0.3, -0.25) is 0 Å². The molecule has 3 rings (SSSR count). The molecule has 1 fully saturated rings. The lowest BCUT2D eigenvalue weighted by molar-refractivity contribution is 0.263. The van der Waals surface area contributed by atoms with Gasteiger partial charge < -0.3 is 10.2 Å². The maximum atomic E-state index is 5.92. The minimum absolute atomic E-state index is 0.467. The Hall–Kier alpha value is -1.33. The predicted octanol–water partition coefficient (Wildman–Crippen LogP) is 1.89. The predicted molar refractivity (Wildman–Crippen MR) is 72.1 cm³/mol. The lowest BCUT2D eigenvalue weighted by atomic mass is 10.1. The quantitative estimate of drug-likeness (QED) is 0.901. The lowest BCUT2D eigenvalue weighted by Gasteiger charge is -2.28. The van der Waals surface area contributed by atoms with E-state index < -0.39 is 0 Å². The van der Waals surface area contributed by atoms with Crippen molar-refractivity contribution in [1.82, 2.24) is 19.5 Å². The lowest BCUT2D eigenvalue weighted by Crippen LogP contribution is -2.36. The third-order valence-corrected chi connectivity index (χ3v) is 3.57. The molecule has 0 atom stereocenters. The van der Waals surface area contributed by atoms with Crippen LogP contribution in [0.5, 0.6) is 0 Å². The Morgan fingerprint density at radius 1 is 1.33 bits per heavy atom. The van der Waals surface area contributed by atoms with Gasteiger partial charge >= 0.3 is 0 Å². The fourth-order valence-electron chi connectivity index (χ4n) is 2.25. The van der Waals surface area contributed by atoms with E-state index in [2.05, 4.69) is 27.3 Å². The van der Waals surface area contributed by atoms with Crippen LogP contribution in [-0.4, -0.2) is 45.7 Å². The minimum Gasteiger partial charge on any atom is -0.350 e. The summed E-state index contributed by atoms with van der Waals surface area (Å²) in [6.45, 7) is 2.24. The molecule has 1 N–H and O–H groups in total. The maximum absolute atomic E-state index is 5.92. The summed E-state index contributed by atoms with van der Waals surface area (Å²) in [7, 11) is 2.15. The van der Waals surface area contributed by atoms with Crippen LogP contribution in [0.2, 0.25) is 5.02 Å². The number of anilines is 1. The molecular weight excluding hydrogens is 250 g/mol. The van der Waals surface area contributed by atoms with E-state index >= 15 is 0 Å². The van der Waals surface area contributed by atoms with E-state index in [0.717, 1.165) is 31.6 Å². The molecular formula is C12H16ClN5. The van der Waals surface area contributed by atoms with Crippen LogP contribution in [0.1, 0.15) is 12.8 Å². The molecule has 3 heterocycles. The Kier molecular flexibility index (Phi) is 3.09. The Morgan fingerprint density at radius 2 is 2.11 bits per heavy atom. The second-order valence-electron chi connectivity index (χ2n) is 4.81. The third kappa shape index (κ3) is 2.42. The molecule has 5 nitrogen and oxygen atoms in total. The van der Waals surface area contributed by atoms with Gasteiger partial charge in [0.1, 0.15) is 0 Å². The average molecular weight is 266 g/mol. The average Bonchev–Trinajstić information content (AvgIpc) is 2.73. The molecule has 0 amide bonds. The molecule has 0 bridgehead atoms. The summed E-state index contributed by atoms with van der Waals surface area (Å²) in [5, 5.41) is 8.45. The van der Waals surface area contributed by atoms with Crippen molar-refractivity contribution in [2.24, 2.45) is 0 Å². The highest BCUT2D eigenvalue weighted by atomic mass is 35.5. The first kappa shape index (κ1) is 11.7. The van der Waals surface area contributed by atoms with E-state index in [4.69, 9.17) is 11.6 Å². The number of halogens is 1. The van der Waals surface area contributed by atoms with Crippen molar-refractivity contribution in [3.63, 3.8) is 0 Å². The van der Waals surface area contributed by atoms with E-state index in [9.17, 15) is 0 Å². The molecule has 0 radical (unpaired) electrons. The highest BCUT2D eigenvalue weighted by Gasteiger charge is 2.17. The van der Waals surface area contributed by atoms with Crippen molar-refractivity contribution in [1.29, 1.82) is 0 Å². The van der Waals surface area contributed by atoms with Gasteiger partial charge in [-0.25, -0.2) is 4.52 Å². The van der Waals surface area contributed by atoms with Crippen LogP contribution in [0.3, 0.4) is 0 Å². The number of nitrogens with zero attached hydrogens (tertiary/aromatic N) is 4. The zero-order chi connectivity index (χ0) is 12.5. The van der Waals surface area contributed by atoms with Gasteiger partial charge in [0.15, 0.2) is 5.65 Å². The van der Waals surface area contributed by atoms with E-state index in [1.807, 2.05) is 12.1 Å². The summed E-state index contributed by atoms with van der Waals surface area (Å²) < 4.78 is 1.71. The van der Waals surface area contributed by atoms with Gasteiger partial charge in [0.25, 0.3) is 0 Å². The SMILES string of the molecule is CN1CCC(Nc2nc3ccc(Cl)cn3n2)CC1. The summed E-state index contributed by atoms with van der Waals surface area (Å²) in [6, 6.07) is 4.16. The minimum atomic E-state index is 0.467. The van der Waals surface area contributed by atoms with Gasteiger partial charge in [-0.2, -0.15) is 4.98 Å². The van der Waals surface area contributed by atoms with Gasteiger partial charge in [0.2, 0.25) is 5.95 Å². The largest absolute Gasteiger partial charge is 0.350 e. The van der Waals surface area contributed by atoms with Crippen LogP contribution in [0.4, 0.5) is 5.95 Å². The zero-order valence-electron chi connectivity index (χ0n) is 10.3. The van der Waals surface area contributed by atoms with Crippen molar-refractivity contribution in [3.05, 3.63) is 23.4 Å². The molecule has 96 valence electrons. The molecule has 1 aliphatic heterocycles. The van der Waals surface area contributed by atoms with Crippen LogP contribution in [0, 0.1) is 0 Å². The normalized spacial score (nSPS) is 18.3. The second kappa shape index (κ2) is 4.74. The summed E-state index contributed by atoms with van der Waals surface area (Å²) in [6.07, 6.45) is 4.03. The van der Waals surface area contributed by atoms with Gasteiger partial charge in [0, 0.05) is 12.2 Å². The summed E-state index contributed by atoms with van der Waals surface area (Å²) >= 11 is 5.92. The van der Waals surface area contributed by atoms with E-state index in [0.29, 0.717) is 17.0 Å². The van der Waals surface area contributed by atoms with Crippen molar-refractivity contribution in [2.75, 3.05) is 25.5 Å².